The summed E-state index contributed by atoms with van der Waals surface area (Å²) >= 11 is 0. The molecule has 0 spiro atoms. The highest BCUT2D eigenvalue weighted by Gasteiger charge is 2.27. The van der Waals surface area contributed by atoms with Crippen LogP contribution in [0.15, 0.2) is 42.5 Å². The van der Waals surface area contributed by atoms with Crippen LogP contribution in [-0.2, 0) is 19.6 Å². The first kappa shape index (κ1) is 29.2. The van der Waals surface area contributed by atoms with Gasteiger partial charge in [0.05, 0.1) is 20.0 Å². The summed E-state index contributed by atoms with van der Waals surface area (Å²) in [4.78, 5) is 12.7. The minimum Gasteiger partial charge on any atom is -0.494 e. The van der Waals surface area contributed by atoms with Gasteiger partial charge in [-0.15, -0.1) is 12.4 Å². The first-order valence-corrected chi connectivity index (χ1v) is 13.1. The van der Waals surface area contributed by atoms with Gasteiger partial charge in [-0.1, -0.05) is 0 Å². The highest BCUT2D eigenvalue weighted by atomic mass is 35.5. The molecule has 0 bridgehead atoms. The van der Waals surface area contributed by atoms with E-state index in [1.165, 1.54) is 17.7 Å². The summed E-state index contributed by atoms with van der Waals surface area (Å²) < 4.78 is 41.9. The number of benzene rings is 2. The van der Waals surface area contributed by atoms with Crippen LogP contribution in [0, 0.1) is 5.41 Å². The van der Waals surface area contributed by atoms with Gasteiger partial charge in [-0.2, -0.15) is 0 Å². The zero-order valence-corrected chi connectivity index (χ0v) is 22.2. The van der Waals surface area contributed by atoms with E-state index in [0.717, 1.165) is 0 Å². The highest BCUT2D eigenvalue weighted by molar-refractivity contribution is 7.88. The summed E-state index contributed by atoms with van der Waals surface area (Å²) in [5.74, 6) is 0.513. The SMILES string of the molecule is CCOc1cc(OC2CCN(S(C)(=O)=O)CC2)cc(C(Nc2ccc(C(=N)N)cc2)C(=O)OC)c1.Cl. The molecular formula is C24H33ClN4O6S. The number of ether oxygens (including phenoxy) is 3. The van der Waals surface area contributed by atoms with E-state index in [4.69, 9.17) is 25.4 Å². The molecule has 0 aromatic heterocycles. The lowest BCUT2D eigenvalue weighted by Gasteiger charge is -2.30. The Morgan fingerprint density at radius 3 is 2.31 bits per heavy atom. The average Bonchev–Trinajstić information content (AvgIpc) is 2.82. The van der Waals surface area contributed by atoms with Gasteiger partial charge in [0.2, 0.25) is 10.0 Å². The number of carbonyl (C=O) groups excluding carboxylic acids is 1. The number of nitrogens with two attached hydrogens (primary N) is 1. The molecule has 0 amide bonds. The first-order chi connectivity index (χ1) is 16.6. The van der Waals surface area contributed by atoms with Crippen LogP contribution in [0.1, 0.15) is 36.9 Å². The summed E-state index contributed by atoms with van der Waals surface area (Å²) in [6.45, 7) is 3.08. The first-order valence-electron chi connectivity index (χ1n) is 11.3. The third kappa shape index (κ3) is 7.74. The lowest BCUT2D eigenvalue weighted by Crippen LogP contribution is -2.41. The van der Waals surface area contributed by atoms with Crippen LogP contribution in [0.5, 0.6) is 11.5 Å². The monoisotopic (exact) mass is 540 g/mol. The normalized spacial score (nSPS) is 15.3. The number of hydrogen-bond donors (Lipinski definition) is 3. The number of amidine groups is 1. The van der Waals surface area contributed by atoms with E-state index in [2.05, 4.69) is 5.32 Å². The molecule has 12 heteroatoms. The van der Waals surface area contributed by atoms with Gasteiger partial charge < -0.3 is 25.3 Å². The highest BCUT2D eigenvalue weighted by Crippen LogP contribution is 2.31. The summed E-state index contributed by atoms with van der Waals surface area (Å²) in [6.07, 6.45) is 2.16. The van der Waals surface area contributed by atoms with Gasteiger partial charge in [-0.25, -0.2) is 17.5 Å². The number of rotatable bonds is 10. The van der Waals surface area contributed by atoms with E-state index >= 15 is 0 Å². The second-order valence-electron chi connectivity index (χ2n) is 8.24. The molecule has 2 aromatic carbocycles. The Labute approximate surface area is 218 Å². The number of sulfonamides is 1. The van der Waals surface area contributed by atoms with Crippen LogP contribution >= 0.6 is 12.4 Å². The van der Waals surface area contributed by atoms with Crippen LogP contribution in [0.25, 0.3) is 0 Å². The third-order valence-corrected chi connectivity index (χ3v) is 6.97. The summed E-state index contributed by atoms with van der Waals surface area (Å²) in [5, 5.41) is 10.7. The molecule has 1 aliphatic heterocycles. The van der Waals surface area contributed by atoms with Crippen LogP contribution in [0.3, 0.4) is 0 Å². The van der Waals surface area contributed by atoms with Crippen LogP contribution in [0.4, 0.5) is 5.69 Å². The summed E-state index contributed by atoms with van der Waals surface area (Å²) in [6, 6.07) is 11.2. The molecule has 1 aliphatic rings. The van der Waals surface area contributed by atoms with Crippen molar-refractivity contribution in [2.24, 2.45) is 5.73 Å². The molecule has 0 aliphatic carbocycles. The number of anilines is 1. The molecule has 1 saturated heterocycles. The largest absolute Gasteiger partial charge is 0.494 e. The van der Waals surface area contributed by atoms with Crippen molar-refractivity contribution in [2.75, 3.05) is 38.4 Å². The molecule has 1 heterocycles. The maximum absolute atomic E-state index is 12.7. The lowest BCUT2D eigenvalue weighted by molar-refractivity contribution is -0.141. The van der Waals surface area contributed by atoms with Crippen LogP contribution < -0.4 is 20.5 Å². The van der Waals surface area contributed by atoms with Gasteiger partial charge >= 0.3 is 5.97 Å². The number of carbonyl (C=O) groups is 1. The van der Waals surface area contributed by atoms with Crippen molar-refractivity contribution < 1.29 is 27.4 Å². The Bertz CT molecular complexity index is 1150. The van der Waals surface area contributed by atoms with Gasteiger partial charge in [0.15, 0.2) is 6.04 Å². The number of methoxy groups -OCH3 is 1. The fraction of sp³-hybridized carbons (Fsp3) is 0.417. The lowest BCUT2D eigenvalue weighted by atomic mass is 10.0. The Morgan fingerprint density at radius 2 is 1.78 bits per heavy atom. The van der Waals surface area contributed by atoms with E-state index in [9.17, 15) is 13.2 Å². The fourth-order valence-corrected chi connectivity index (χ4v) is 4.74. The van der Waals surface area contributed by atoms with E-state index in [0.29, 0.717) is 60.9 Å². The molecule has 36 heavy (non-hydrogen) atoms. The topological polar surface area (TPSA) is 144 Å². The number of nitrogens with one attached hydrogen (secondary N) is 2. The van der Waals surface area contributed by atoms with Crippen molar-refractivity contribution in [1.29, 1.82) is 5.41 Å². The Kier molecular flexibility index (Phi) is 10.4. The standard InChI is InChI=1S/C24H32N4O6S.ClH/c1-4-33-20-13-17(14-21(15-20)34-19-9-11-28(12-10-19)35(3,30)31)22(24(29)32-2)27-18-7-5-16(6-8-18)23(25)26;/h5-8,13-15,19,22,27H,4,9-12H2,1-3H3,(H3,25,26);1H. The van der Waals surface area contributed by atoms with E-state index in [-0.39, 0.29) is 24.3 Å². The van der Waals surface area contributed by atoms with Crippen LogP contribution in [0.2, 0.25) is 0 Å². The van der Waals surface area contributed by atoms with E-state index in [1.54, 1.807) is 42.5 Å². The van der Waals surface area contributed by atoms with Crippen molar-refractivity contribution in [1.82, 2.24) is 4.31 Å². The number of piperidine rings is 1. The molecule has 10 nitrogen and oxygen atoms in total. The van der Waals surface area contributed by atoms with Gasteiger partial charge in [-0.05, 0) is 61.7 Å². The van der Waals surface area contributed by atoms with E-state index < -0.39 is 22.0 Å². The molecule has 1 fully saturated rings. The fourth-order valence-electron chi connectivity index (χ4n) is 3.86. The van der Waals surface area contributed by atoms with Crippen molar-refractivity contribution in [3.05, 3.63) is 53.6 Å². The predicted octanol–water partition coefficient (Wildman–Crippen LogP) is 2.92. The second kappa shape index (κ2) is 12.8. The molecule has 2 aromatic rings. The molecule has 1 atom stereocenters. The van der Waals surface area contributed by atoms with Gasteiger partial charge in [0, 0.05) is 30.4 Å². The van der Waals surface area contributed by atoms with Gasteiger partial charge in [-0.3, -0.25) is 5.41 Å². The zero-order valence-electron chi connectivity index (χ0n) is 20.5. The predicted molar refractivity (Wildman–Crippen MR) is 141 cm³/mol. The van der Waals surface area contributed by atoms with Crippen molar-refractivity contribution >= 4 is 39.9 Å². The Balaban J connectivity index is 0.00000456. The Morgan fingerprint density at radius 1 is 1.17 bits per heavy atom. The van der Waals surface area contributed by atoms with Crippen molar-refractivity contribution in [3.8, 4) is 11.5 Å². The minimum absolute atomic E-state index is 0. The molecule has 198 valence electrons. The molecule has 4 N–H and O–H groups in total. The molecular weight excluding hydrogens is 508 g/mol. The molecule has 1 unspecified atom stereocenters. The minimum atomic E-state index is -3.22. The van der Waals surface area contributed by atoms with Crippen molar-refractivity contribution in [3.63, 3.8) is 0 Å². The maximum atomic E-state index is 12.7. The van der Waals surface area contributed by atoms with Gasteiger partial charge in [0.25, 0.3) is 0 Å². The number of esters is 1. The number of hydrogen-bond acceptors (Lipinski definition) is 8. The summed E-state index contributed by atoms with van der Waals surface area (Å²) in [5.41, 5.74) is 7.32. The third-order valence-electron chi connectivity index (χ3n) is 5.66. The molecule has 3 rings (SSSR count). The van der Waals surface area contributed by atoms with Crippen LogP contribution in [-0.4, -0.2) is 63.7 Å². The number of nitrogens with zero attached hydrogens (tertiary/aromatic N) is 1. The number of halogens is 1. The summed E-state index contributed by atoms with van der Waals surface area (Å²) in [7, 11) is -1.91. The molecule has 0 saturated carbocycles. The van der Waals surface area contributed by atoms with Gasteiger partial charge in [0.1, 0.15) is 23.4 Å². The zero-order chi connectivity index (χ0) is 25.6. The maximum Gasteiger partial charge on any atom is 0.332 e. The van der Waals surface area contributed by atoms with E-state index in [1.807, 2.05) is 6.92 Å². The molecule has 0 radical (unpaired) electrons. The Hall–Kier alpha value is -3.02. The second-order valence-corrected chi connectivity index (χ2v) is 10.2. The number of nitrogen functional groups attached to an aromatic ring is 1. The smallest absolute Gasteiger partial charge is 0.332 e. The van der Waals surface area contributed by atoms with Crippen molar-refractivity contribution in [2.45, 2.75) is 31.9 Å². The quantitative estimate of drug-likeness (QED) is 0.237. The average molecular weight is 541 g/mol.